The van der Waals surface area contributed by atoms with Crippen LogP contribution in [0, 0.1) is 0 Å². The Morgan fingerprint density at radius 3 is 2.86 bits per heavy atom. The van der Waals surface area contributed by atoms with E-state index in [-0.39, 0.29) is 0 Å². The maximum atomic E-state index is 3.68. The predicted octanol–water partition coefficient (Wildman–Crippen LogP) is 3.92. The van der Waals surface area contributed by atoms with Crippen LogP contribution in [-0.4, -0.2) is 30.6 Å². The van der Waals surface area contributed by atoms with E-state index in [1.807, 2.05) is 0 Å². The lowest BCUT2D eigenvalue weighted by atomic mass is 9.97. The molecule has 1 fully saturated rings. The Morgan fingerprint density at radius 2 is 2.05 bits per heavy atom. The molecule has 2 aliphatic rings. The third kappa shape index (κ3) is 3.67. The van der Waals surface area contributed by atoms with Crippen LogP contribution in [0.3, 0.4) is 0 Å². The minimum absolute atomic E-state index is 0.644. The van der Waals surface area contributed by atoms with Gasteiger partial charge >= 0.3 is 0 Å². The summed E-state index contributed by atoms with van der Waals surface area (Å²) in [4.78, 5) is 2.77. The van der Waals surface area contributed by atoms with Crippen LogP contribution in [0.25, 0.3) is 0 Å². The molecule has 0 bridgehead atoms. The highest BCUT2D eigenvalue weighted by molar-refractivity contribution is 5.31. The lowest BCUT2D eigenvalue weighted by molar-refractivity contribution is 0.171. The molecule has 1 heterocycles. The fourth-order valence-electron chi connectivity index (χ4n) is 4.13. The third-order valence-electron chi connectivity index (χ3n) is 5.16. The number of benzene rings is 1. The number of rotatable bonds is 5. The van der Waals surface area contributed by atoms with E-state index in [0.717, 1.165) is 0 Å². The quantitative estimate of drug-likeness (QED) is 0.825. The fraction of sp³-hybridized carbons (Fsp3) is 0.684. The lowest BCUT2D eigenvalue weighted by Gasteiger charge is -2.34. The summed E-state index contributed by atoms with van der Waals surface area (Å²) in [5.74, 6) is 0. The molecule has 116 valence electrons. The minimum atomic E-state index is 0.644. The molecular formula is C19H30N2. The van der Waals surface area contributed by atoms with E-state index >= 15 is 0 Å². The monoisotopic (exact) mass is 286 g/mol. The first-order valence-corrected chi connectivity index (χ1v) is 8.93. The second-order valence-electron chi connectivity index (χ2n) is 6.75. The molecule has 1 N–H and O–H groups in total. The molecule has 1 saturated heterocycles. The van der Waals surface area contributed by atoms with Gasteiger partial charge < -0.3 is 5.32 Å². The van der Waals surface area contributed by atoms with E-state index in [1.165, 1.54) is 64.6 Å². The highest BCUT2D eigenvalue weighted by Crippen LogP contribution is 2.33. The van der Waals surface area contributed by atoms with Gasteiger partial charge in [-0.1, -0.05) is 37.6 Å². The van der Waals surface area contributed by atoms with Crippen LogP contribution in [0.15, 0.2) is 24.3 Å². The standard InChI is InChI=1S/C19H30N2/c1-2-14-21(15-17-10-7-13-20-17)19-12-6-4-9-16-8-3-5-11-18(16)19/h3,5,8,11,17,19-20H,2,4,6-7,9-10,12-15H2,1H3. The molecule has 1 aliphatic carbocycles. The zero-order valence-electron chi connectivity index (χ0n) is 13.5. The second kappa shape index (κ2) is 7.42. The smallest absolute Gasteiger partial charge is 0.0351 e. The zero-order chi connectivity index (χ0) is 14.5. The summed E-state index contributed by atoms with van der Waals surface area (Å²) in [6.45, 7) is 5.99. The summed E-state index contributed by atoms with van der Waals surface area (Å²) in [5.41, 5.74) is 3.21. The zero-order valence-corrected chi connectivity index (χ0v) is 13.5. The minimum Gasteiger partial charge on any atom is -0.313 e. The molecule has 2 heteroatoms. The first-order valence-electron chi connectivity index (χ1n) is 8.93. The van der Waals surface area contributed by atoms with E-state index in [4.69, 9.17) is 0 Å². The van der Waals surface area contributed by atoms with Crippen LogP contribution < -0.4 is 5.32 Å². The Kier molecular flexibility index (Phi) is 5.32. The Balaban J connectivity index is 1.80. The van der Waals surface area contributed by atoms with Crippen molar-refractivity contribution in [3.05, 3.63) is 35.4 Å². The highest BCUT2D eigenvalue weighted by Gasteiger charge is 2.26. The van der Waals surface area contributed by atoms with Gasteiger partial charge in [-0.2, -0.15) is 0 Å². The fourth-order valence-corrected chi connectivity index (χ4v) is 4.13. The first kappa shape index (κ1) is 15.1. The van der Waals surface area contributed by atoms with Crippen molar-refractivity contribution in [1.82, 2.24) is 10.2 Å². The first-order chi connectivity index (χ1) is 10.4. The molecule has 0 amide bonds. The van der Waals surface area contributed by atoms with Crippen molar-refractivity contribution in [2.24, 2.45) is 0 Å². The molecule has 2 atom stereocenters. The lowest BCUT2D eigenvalue weighted by Crippen LogP contribution is -2.40. The summed E-state index contributed by atoms with van der Waals surface area (Å²) in [6.07, 6.45) is 9.30. The average Bonchev–Trinajstić information content (AvgIpc) is 2.92. The van der Waals surface area contributed by atoms with Crippen molar-refractivity contribution < 1.29 is 0 Å². The average molecular weight is 286 g/mol. The predicted molar refractivity (Wildman–Crippen MR) is 89.6 cm³/mol. The van der Waals surface area contributed by atoms with Gasteiger partial charge in [-0.15, -0.1) is 0 Å². The number of fused-ring (bicyclic) bond motifs is 1. The molecule has 21 heavy (non-hydrogen) atoms. The van der Waals surface area contributed by atoms with E-state index in [9.17, 15) is 0 Å². The number of nitrogens with zero attached hydrogens (tertiary/aromatic N) is 1. The molecule has 0 radical (unpaired) electrons. The van der Waals surface area contributed by atoms with E-state index in [2.05, 4.69) is 41.4 Å². The molecule has 2 nitrogen and oxygen atoms in total. The van der Waals surface area contributed by atoms with Crippen LogP contribution in [0.2, 0.25) is 0 Å². The Bertz CT molecular complexity index is 437. The SMILES string of the molecule is CCCN(CC1CCCN1)C1CCCCc2ccccc21. The van der Waals surface area contributed by atoms with Gasteiger partial charge in [0.2, 0.25) is 0 Å². The molecule has 3 rings (SSSR count). The van der Waals surface area contributed by atoms with Crippen LogP contribution >= 0.6 is 0 Å². The third-order valence-corrected chi connectivity index (χ3v) is 5.16. The second-order valence-corrected chi connectivity index (χ2v) is 6.75. The Hall–Kier alpha value is -0.860. The van der Waals surface area contributed by atoms with E-state index in [0.29, 0.717) is 12.1 Å². The number of aryl methyl sites for hydroxylation is 1. The van der Waals surface area contributed by atoms with Crippen LogP contribution in [-0.2, 0) is 6.42 Å². The molecule has 1 aromatic rings. The van der Waals surface area contributed by atoms with Gasteiger partial charge in [-0.25, -0.2) is 0 Å². The van der Waals surface area contributed by atoms with Gasteiger partial charge in [0.25, 0.3) is 0 Å². The molecule has 2 unspecified atom stereocenters. The molecule has 1 aromatic carbocycles. The number of hydrogen-bond acceptors (Lipinski definition) is 2. The molecule has 1 aliphatic heterocycles. The van der Waals surface area contributed by atoms with Crippen molar-refractivity contribution in [2.75, 3.05) is 19.6 Å². The van der Waals surface area contributed by atoms with Crippen LogP contribution in [0.4, 0.5) is 0 Å². The molecule has 0 spiro atoms. The summed E-state index contributed by atoms with van der Waals surface area (Å²) in [7, 11) is 0. The maximum absolute atomic E-state index is 3.68. The van der Waals surface area contributed by atoms with Crippen molar-refractivity contribution in [1.29, 1.82) is 0 Å². The Labute approximate surface area is 129 Å². The summed E-state index contributed by atoms with van der Waals surface area (Å²) < 4.78 is 0. The van der Waals surface area contributed by atoms with Gasteiger partial charge in [0.05, 0.1) is 0 Å². The van der Waals surface area contributed by atoms with Crippen molar-refractivity contribution >= 4 is 0 Å². The van der Waals surface area contributed by atoms with E-state index in [1.54, 1.807) is 11.1 Å². The van der Waals surface area contributed by atoms with Crippen molar-refractivity contribution in [3.8, 4) is 0 Å². The van der Waals surface area contributed by atoms with Gasteiger partial charge in [0.1, 0.15) is 0 Å². The van der Waals surface area contributed by atoms with Crippen molar-refractivity contribution in [3.63, 3.8) is 0 Å². The molecule has 0 saturated carbocycles. The summed E-state index contributed by atoms with van der Waals surface area (Å²) in [6, 6.07) is 10.5. The summed E-state index contributed by atoms with van der Waals surface area (Å²) >= 11 is 0. The van der Waals surface area contributed by atoms with E-state index < -0.39 is 0 Å². The summed E-state index contributed by atoms with van der Waals surface area (Å²) in [5, 5.41) is 3.68. The van der Waals surface area contributed by atoms with Crippen LogP contribution in [0.5, 0.6) is 0 Å². The number of hydrogen-bond donors (Lipinski definition) is 1. The van der Waals surface area contributed by atoms with Gasteiger partial charge in [-0.3, -0.25) is 4.90 Å². The maximum Gasteiger partial charge on any atom is 0.0351 e. The number of nitrogens with one attached hydrogen (secondary N) is 1. The highest BCUT2D eigenvalue weighted by atomic mass is 15.2. The van der Waals surface area contributed by atoms with Crippen LogP contribution in [0.1, 0.15) is 62.6 Å². The molecular weight excluding hydrogens is 256 g/mol. The Morgan fingerprint density at radius 1 is 1.14 bits per heavy atom. The van der Waals surface area contributed by atoms with Gasteiger partial charge in [0.15, 0.2) is 0 Å². The largest absolute Gasteiger partial charge is 0.313 e. The van der Waals surface area contributed by atoms with Crippen molar-refractivity contribution in [2.45, 2.75) is 64.0 Å². The topological polar surface area (TPSA) is 15.3 Å². The normalized spacial score (nSPS) is 25.8. The van der Waals surface area contributed by atoms with Gasteiger partial charge in [0, 0.05) is 18.6 Å². The van der Waals surface area contributed by atoms with Gasteiger partial charge in [-0.05, 0) is 62.7 Å². The molecule has 0 aromatic heterocycles.